The molecule has 0 aromatic heterocycles. The molecule has 1 aliphatic rings. The molecule has 0 bridgehead atoms. The summed E-state index contributed by atoms with van der Waals surface area (Å²) in [5, 5.41) is 2.75. The Morgan fingerprint density at radius 3 is 2.52 bits per heavy atom. The third-order valence-corrected chi connectivity index (χ3v) is 5.16. The van der Waals surface area contributed by atoms with Gasteiger partial charge in [0.15, 0.2) is 9.84 Å². The second-order valence-corrected chi connectivity index (χ2v) is 7.82. The first kappa shape index (κ1) is 15.8. The molecule has 0 aliphatic carbocycles. The van der Waals surface area contributed by atoms with Gasteiger partial charge in [0, 0.05) is 6.04 Å². The molecule has 116 valence electrons. The first-order chi connectivity index (χ1) is 9.84. The van der Waals surface area contributed by atoms with E-state index in [-0.39, 0.29) is 36.5 Å². The largest absolute Gasteiger partial charge is 0.493 e. The van der Waals surface area contributed by atoms with Crippen LogP contribution < -0.4 is 10.1 Å². The molecule has 1 amide bonds. The number of hydrogen-bond acceptors (Lipinski definition) is 4. The third-order valence-electron chi connectivity index (χ3n) is 3.39. The van der Waals surface area contributed by atoms with Crippen LogP contribution in [0.1, 0.15) is 24.0 Å². The van der Waals surface area contributed by atoms with Crippen LogP contribution in [0.25, 0.3) is 0 Å². The van der Waals surface area contributed by atoms with Crippen LogP contribution >= 0.6 is 0 Å². The normalized spacial score (nSPS) is 20.2. The minimum atomic E-state index is -2.96. The molecule has 6 heteroatoms. The van der Waals surface area contributed by atoms with E-state index in [1.54, 1.807) is 0 Å². The Morgan fingerprint density at radius 1 is 1.29 bits per heavy atom. The first-order valence-corrected chi connectivity index (χ1v) is 8.87. The highest BCUT2D eigenvalue weighted by Crippen LogP contribution is 2.16. The molecule has 5 nitrogen and oxygen atoms in total. The Hall–Kier alpha value is -1.56. The van der Waals surface area contributed by atoms with Crippen molar-refractivity contribution in [3.05, 3.63) is 29.3 Å². The molecule has 0 unspecified atom stereocenters. The predicted octanol–water partition coefficient (Wildman–Crippen LogP) is 1.38. The summed E-state index contributed by atoms with van der Waals surface area (Å²) in [4.78, 5) is 11.7. The van der Waals surface area contributed by atoms with Gasteiger partial charge >= 0.3 is 0 Å². The van der Waals surface area contributed by atoms with E-state index in [0.717, 1.165) is 16.9 Å². The minimum absolute atomic E-state index is 0.0523. The number of benzene rings is 1. The van der Waals surface area contributed by atoms with E-state index < -0.39 is 9.84 Å². The van der Waals surface area contributed by atoms with Gasteiger partial charge in [0.2, 0.25) is 5.91 Å². The fourth-order valence-corrected chi connectivity index (χ4v) is 4.16. The maximum atomic E-state index is 11.7. The van der Waals surface area contributed by atoms with Crippen molar-refractivity contribution in [1.82, 2.24) is 5.32 Å². The molecule has 0 spiro atoms. The Kier molecular flexibility index (Phi) is 4.88. The standard InChI is InChI=1S/C15H21NO4S/c1-11-7-12(2)9-14(8-11)20-5-3-15(17)16-13-4-6-21(18,19)10-13/h7-9,13H,3-6,10H2,1-2H3,(H,16,17)/t13-/m1/s1. The number of hydrogen-bond donors (Lipinski definition) is 1. The minimum Gasteiger partial charge on any atom is -0.493 e. The van der Waals surface area contributed by atoms with Crippen LogP contribution in [-0.4, -0.2) is 38.5 Å². The average Bonchev–Trinajstić information content (AvgIpc) is 2.67. The number of nitrogens with one attached hydrogen (secondary N) is 1. The van der Waals surface area contributed by atoms with Crippen molar-refractivity contribution in [1.29, 1.82) is 0 Å². The molecule has 0 saturated carbocycles. The monoisotopic (exact) mass is 311 g/mol. The van der Waals surface area contributed by atoms with Crippen LogP contribution in [-0.2, 0) is 14.6 Å². The predicted molar refractivity (Wildman–Crippen MR) is 81.2 cm³/mol. The number of carbonyl (C=O) groups is 1. The maximum Gasteiger partial charge on any atom is 0.223 e. The van der Waals surface area contributed by atoms with Gasteiger partial charge in [-0.3, -0.25) is 4.79 Å². The average molecular weight is 311 g/mol. The number of aryl methyl sites for hydroxylation is 2. The summed E-state index contributed by atoms with van der Waals surface area (Å²) in [6, 6.07) is 5.66. The highest BCUT2D eigenvalue weighted by Gasteiger charge is 2.28. The summed E-state index contributed by atoms with van der Waals surface area (Å²) in [7, 11) is -2.96. The van der Waals surface area contributed by atoms with Gasteiger partial charge in [-0.15, -0.1) is 0 Å². The molecule has 1 saturated heterocycles. The zero-order valence-corrected chi connectivity index (χ0v) is 13.2. The Labute approximate surface area is 125 Å². The van der Waals surface area contributed by atoms with Crippen molar-refractivity contribution in [2.45, 2.75) is 32.7 Å². The molecule has 1 N–H and O–H groups in total. The van der Waals surface area contributed by atoms with Crippen molar-refractivity contribution < 1.29 is 17.9 Å². The lowest BCUT2D eigenvalue weighted by Gasteiger charge is -2.12. The van der Waals surface area contributed by atoms with Crippen molar-refractivity contribution >= 4 is 15.7 Å². The van der Waals surface area contributed by atoms with E-state index in [0.29, 0.717) is 6.42 Å². The van der Waals surface area contributed by atoms with Gasteiger partial charge in [-0.25, -0.2) is 8.42 Å². The quantitative estimate of drug-likeness (QED) is 0.891. The fourth-order valence-electron chi connectivity index (χ4n) is 2.49. The molecule has 1 fully saturated rings. The smallest absolute Gasteiger partial charge is 0.223 e. The van der Waals surface area contributed by atoms with Crippen molar-refractivity contribution in [2.75, 3.05) is 18.1 Å². The molecule has 2 rings (SSSR count). The number of sulfone groups is 1. The van der Waals surface area contributed by atoms with Crippen molar-refractivity contribution in [3.8, 4) is 5.75 Å². The topological polar surface area (TPSA) is 72.5 Å². The number of ether oxygens (including phenoxy) is 1. The van der Waals surface area contributed by atoms with Gasteiger partial charge in [-0.05, 0) is 43.5 Å². The molecule has 1 aromatic carbocycles. The number of rotatable bonds is 5. The van der Waals surface area contributed by atoms with Gasteiger partial charge in [0.1, 0.15) is 5.75 Å². The summed E-state index contributed by atoms with van der Waals surface area (Å²) >= 11 is 0. The molecule has 1 aromatic rings. The second-order valence-electron chi connectivity index (χ2n) is 5.59. The summed E-state index contributed by atoms with van der Waals surface area (Å²) in [6.07, 6.45) is 0.732. The molecule has 1 heterocycles. The second kappa shape index (κ2) is 6.47. The lowest BCUT2D eigenvalue weighted by Crippen LogP contribution is -2.36. The third kappa shape index (κ3) is 5.04. The van der Waals surface area contributed by atoms with Gasteiger partial charge in [-0.2, -0.15) is 0 Å². The van der Waals surface area contributed by atoms with Crippen LogP contribution in [0, 0.1) is 13.8 Å². The fraction of sp³-hybridized carbons (Fsp3) is 0.533. The maximum absolute atomic E-state index is 11.7. The van der Waals surface area contributed by atoms with Crippen LogP contribution in [0.5, 0.6) is 5.75 Å². The van der Waals surface area contributed by atoms with Crippen LogP contribution in [0.4, 0.5) is 0 Å². The zero-order chi connectivity index (χ0) is 15.5. The zero-order valence-electron chi connectivity index (χ0n) is 12.4. The summed E-state index contributed by atoms with van der Waals surface area (Å²) in [5.74, 6) is 0.804. The van der Waals surface area contributed by atoms with E-state index in [4.69, 9.17) is 4.74 Å². The van der Waals surface area contributed by atoms with Gasteiger partial charge in [0.05, 0.1) is 24.5 Å². The van der Waals surface area contributed by atoms with E-state index in [1.165, 1.54) is 0 Å². The van der Waals surface area contributed by atoms with Crippen LogP contribution in [0.15, 0.2) is 18.2 Å². The van der Waals surface area contributed by atoms with E-state index in [2.05, 4.69) is 11.4 Å². The highest BCUT2D eigenvalue weighted by atomic mass is 32.2. The van der Waals surface area contributed by atoms with Crippen molar-refractivity contribution in [2.24, 2.45) is 0 Å². The Morgan fingerprint density at radius 2 is 1.95 bits per heavy atom. The SMILES string of the molecule is Cc1cc(C)cc(OCCC(=O)N[C@@H]2CCS(=O)(=O)C2)c1. The molecule has 21 heavy (non-hydrogen) atoms. The summed E-state index contributed by atoms with van der Waals surface area (Å²) < 4.78 is 28.2. The lowest BCUT2D eigenvalue weighted by molar-refractivity contribution is -0.122. The van der Waals surface area contributed by atoms with Gasteiger partial charge in [0.25, 0.3) is 0 Å². The van der Waals surface area contributed by atoms with Crippen molar-refractivity contribution in [3.63, 3.8) is 0 Å². The van der Waals surface area contributed by atoms with E-state index >= 15 is 0 Å². The Balaban J connectivity index is 1.74. The molecule has 1 aliphatic heterocycles. The molecular formula is C15H21NO4S. The summed E-state index contributed by atoms with van der Waals surface area (Å²) in [5.41, 5.74) is 2.23. The summed E-state index contributed by atoms with van der Waals surface area (Å²) in [6.45, 7) is 4.27. The lowest BCUT2D eigenvalue weighted by atomic mass is 10.1. The molecule has 0 radical (unpaired) electrons. The highest BCUT2D eigenvalue weighted by molar-refractivity contribution is 7.91. The molecular weight excluding hydrogens is 290 g/mol. The Bertz CT molecular complexity index is 604. The van der Waals surface area contributed by atoms with E-state index in [9.17, 15) is 13.2 Å². The first-order valence-electron chi connectivity index (χ1n) is 7.05. The van der Waals surface area contributed by atoms with E-state index in [1.807, 2.05) is 26.0 Å². The number of amides is 1. The molecule has 1 atom stereocenters. The van der Waals surface area contributed by atoms with Crippen LogP contribution in [0.3, 0.4) is 0 Å². The number of carbonyl (C=O) groups excluding carboxylic acids is 1. The van der Waals surface area contributed by atoms with Gasteiger partial charge < -0.3 is 10.1 Å². The van der Waals surface area contributed by atoms with Gasteiger partial charge in [-0.1, -0.05) is 6.07 Å². The van der Waals surface area contributed by atoms with Crippen LogP contribution in [0.2, 0.25) is 0 Å².